The van der Waals surface area contributed by atoms with Crippen molar-refractivity contribution in [3.05, 3.63) is 48.6 Å². The molecule has 0 radical (unpaired) electrons. The van der Waals surface area contributed by atoms with Gasteiger partial charge in [-0.3, -0.25) is 4.79 Å². The Morgan fingerprint density at radius 1 is 0.525 bits per heavy atom. The van der Waals surface area contributed by atoms with Crippen LogP contribution in [0.5, 0.6) is 0 Å². The van der Waals surface area contributed by atoms with E-state index < -0.39 is 43.4 Å². The highest BCUT2D eigenvalue weighted by atomic mass is 16.7. The number of carbonyl (C=O) groups is 1. The lowest BCUT2D eigenvalue weighted by molar-refractivity contribution is -0.305. The number of hydrogen-bond donors (Lipinski definition) is 4. The van der Waals surface area contributed by atoms with E-state index in [1.165, 1.54) is 148 Å². The van der Waals surface area contributed by atoms with Gasteiger partial charge in [-0.15, -0.1) is 0 Å². The van der Waals surface area contributed by atoms with Crippen LogP contribution in [0, 0.1) is 0 Å². The molecule has 0 spiro atoms. The highest BCUT2D eigenvalue weighted by Gasteiger charge is 2.44. The zero-order valence-electron chi connectivity index (χ0n) is 39.2. The molecule has 1 saturated heterocycles. The highest BCUT2D eigenvalue weighted by molar-refractivity contribution is 5.69. The standard InChI is InChI=1S/C52H94O9/c1-3-5-7-9-11-13-15-17-19-21-23-25-27-29-31-33-35-37-39-41-48(54)60-46(45-59-52-51(57)50(56)49(55)47(43-53)61-52)44-58-42-40-38-36-34-32-30-28-26-24-22-20-18-16-14-12-10-8-6-4-2/h11,13-14,16-17,19-20,22,46-47,49-53,55-57H,3-10,12,15,18,21,23-45H2,1-2H3/b13-11-,16-14-,19-17-,22-20-. The first-order valence-corrected chi connectivity index (χ1v) is 25.2. The van der Waals surface area contributed by atoms with Crippen LogP contribution in [-0.2, 0) is 23.7 Å². The molecule has 9 nitrogen and oxygen atoms in total. The number of hydrogen-bond acceptors (Lipinski definition) is 9. The third-order valence-corrected chi connectivity index (χ3v) is 11.5. The lowest BCUT2D eigenvalue weighted by atomic mass is 9.99. The van der Waals surface area contributed by atoms with Gasteiger partial charge in [0, 0.05) is 13.0 Å². The molecule has 0 saturated carbocycles. The minimum absolute atomic E-state index is 0.118. The van der Waals surface area contributed by atoms with Gasteiger partial charge in [0.05, 0.1) is 19.8 Å². The SMILES string of the molecule is CCCCC/C=C\C/C=C\CCCCCCCCCCCC(=O)OC(COCCCCCCCCCC/C=C\C/C=C\CCCCCC)COC1OC(CO)C(O)C(O)C1O. The Kier molecular flexibility index (Phi) is 40.7. The fourth-order valence-electron chi connectivity index (χ4n) is 7.49. The monoisotopic (exact) mass is 863 g/mol. The summed E-state index contributed by atoms with van der Waals surface area (Å²) in [7, 11) is 0. The summed E-state index contributed by atoms with van der Waals surface area (Å²) in [6.07, 6.45) is 47.0. The molecule has 0 aromatic carbocycles. The van der Waals surface area contributed by atoms with Crippen molar-refractivity contribution in [1.29, 1.82) is 0 Å². The maximum absolute atomic E-state index is 12.8. The predicted octanol–water partition coefficient (Wildman–Crippen LogP) is 12.1. The van der Waals surface area contributed by atoms with Crippen LogP contribution in [-0.4, -0.2) is 89.6 Å². The van der Waals surface area contributed by atoms with Gasteiger partial charge in [0.15, 0.2) is 6.29 Å². The second-order valence-electron chi connectivity index (χ2n) is 17.3. The van der Waals surface area contributed by atoms with Crippen molar-refractivity contribution in [1.82, 2.24) is 0 Å². The summed E-state index contributed by atoms with van der Waals surface area (Å²) < 4.78 is 22.9. The Morgan fingerprint density at radius 3 is 1.44 bits per heavy atom. The number of rotatable bonds is 43. The number of unbranched alkanes of at least 4 members (excludes halogenated alkanes) is 24. The van der Waals surface area contributed by atoms with Gasteiger partial charge >= 0.3 is 5.97 Å². The molecule has 1 aliphatic heterocycles. The molecule has 1 heterocycles. The number of aliphatic hydroxyl groups is 4. The topological polar surface area (TPSA) is 135 Å². The van der Waals surface area contributed by atoms with E-state index >= 15 is 0 Å². The number of ether oxygens (including phenoxy) is 4. The molecule has 0 amide bonds. The first kappa shape index (κ1) is 57.2. The highest BCUT2D eigenvalue weighted by Crippen LogP contribution is 2.23. The van der Waals surface area contributed by atoms with Crippen LogP contribution in [0.15, 0.2) is 48.6 Å². The van der Waals surface area contributed by atoms with Crippen LogP contribution in [0.4, 0.5) is 0 Å². The molecule has 0 aromatic rings. The van der Waals surface area contributed by atoms with Crippen LogP contribution >= 0.6 is 0 Å². The van der Waals surface area contributed by atoms with Gasteiger partial charge in [-0.05, 0) is 77.0 Å². The lowest BCUT2D eigenvalue weighted by Gasteiger charge is -2.39. The summed E-state index contributed by atoms with van der Waals surface area (Å²) in [5.41, 5.74) is 0. The fraction of sp³-hybridized carbons (Fsp3) is 0.827. The predicted molar refractivity (Wildman–Crippen MR) is 251 cm³/mol. The zero-order chi connectivity index (χ0) is 44.3. The summed E-state index contributed by atoms with van der Waals surface area (Å²) in [6.45, 7) is 4.52. The molecule has 9 heteroatoms. The van der Waals surface area contributed by atoms with Crippen LogP contribution in [0.1, 0.15) is 213 Å². The summed E-state index contributed by atoms with van der Waals surface area (Å²) in [6, 6.07) is 0. The molecule has 1 fully saturated rings. The van der Waals surface area contributed by atoms with Gasteiger partial charge in [-0.25, -0.2) is 0 Å². The van der Waals surface area contributed by atoms with E-state index in [1.54, 1.807) is 0 Å². The molecule has 61 heavy (non-hydrogen) atoms. The first-order valence-electron chi connectivity index (χ1n) is 25.2. The Morgan fingerprint density at radius 2 is 0.951 bits per heavy atom. The molecule has 0 aromatic heterocycles. The molecule has 1 rings (SSSR count). The molecular formula is C52H94O9. The fourth-order valence-corrected chi connectivity index (χ4v) is 7.49. The van der Waals surface area contributed by atoms with Gasteiger partial charge in [0.1, 0.15) is 30.5 Å². The third kappa shape index (κ3) is 34.3. The van der Waals surface area contributed by atoms with E-state index in [0.29, 0.717) is 13.0 Å². The number of allylic oxidation sites excluding steroid dienone is 8. The third-order valence-electron chi connectivity index (χ3n) is 11.5. The van der Waals surface area contributed by atoms with Gasteiger partial charge in [0.25, 0.3) is 0 Å². The van der Waals surface area contributed by atoms with Crippen molar-refractivity contribution in [2.45, 2.75) is 250 Å². The van der Waals surface area contributed by atoms with Crippen LogP contribution in [0.3, 0.4) is 0 Å². The van der Waals surface area contributed by atoms with E-state index in [2.05, 4.69) is 62.5 Å². The van der Waals surface area contributed by atoms with E-state index in [4.69, 9.17) is 18.9 Å². The molecule has 0 aliphatic carbocycles. The van der Waals surface area contributed by atoms with Crippen LogP contribution < -0.4 is 0 Å². The second-order valence-corrected chi connectivity index (χ2v) is 17.3. The number of esters is 1. The Labute approximate surface area is 373 Å². The molecular weight excluding hydrogens is 769 g/mol. The van der Waals surface area contributed by atoms with Crippen molar-refractivity contribution in [3.63, 3.8) is 0 Å². The van der Waals surface area contributed by atoms with E-state index in [9.17, 15) is 25.2 Å². The maximum atomic E-state index is 12.8. The van der Waals surface area contributed by atoms with Gasteiger partial charge < -0.3 is 39.4 Å². The normalized spacial score (nSPS) is 20.3. The Bertz CT molecular complexity index is 1070. The van der Waals surface area contributed by atoms with Gasteiger partial charge in [-0.1, -0.05) is 178 Å². The quantitative estimate of drug-likeness (QED) is 0.0268. The van der Waals surface area contributed by atoms with Crippen LogP contribution in [0.2, 0.25) is 0 Å². The van der Waals surface area contributed by atoms with Crippen molar-refractivity contribution in [2.24, 2.45) is 0 Å². The number of aliphatic hydroxyl groups excluding tert-OH is 4. The lowest BCUT2D eigenvalue weighted by Crippen LogP contribution is -2.59. The molecule has 6 unspecified atom stereocenters. The van der Waals surface area contributed by atoms with Crippen molar-refractivity contribution >= 4 is 5.97 Å². The summed E-state index contributed by atoms with van der Waals surface area (Å²) >= 11 is 0. The summed E-state index contributed by atoms with van der Waals surface area (Å²) in [5, 5.41) is 40.2. The summed E-state index contributed by atoms with van der Waals surface area (Å²) in [5.74, 6) is -0.320. The van der Waals surface area contributed by atoms with E-state index in [0.717, 1.165) is 44.9 Å². The molecule has 4 N–H and O–H groups in total. The second kappa shape index (κ2) is 43.4. The average Bonchev–Trinajstić information content (AvgIpc) is 3.26. The minimum atomic E-state index is -1.54. The Hall–Kier alpha value is -1.85. The number of carbonyl (C=O) groups excluding carboxylic acids is 1. The molecule has 0 bridgehead atoms. The first-order chi connectivity index (χ1) is 29.9. The van der Waals surface area contributed by atoms with Gasteiger partial charge in [0.2, 0.25) is 0 Å². The van der Waals surface area contributed by atoms with Crippen molar-refractivity contribution in [2.75, 3.05) is 26.4 Å². The smallest absolute Gasteiger partial charge is 0.306 e. The minimum Gasteiger partial charge on any atom is -0.457 e. The average molecular weight is 863 g/mol. The summed E-state index contributed by atoms with van der Waals surface area (Å²) in [4.78, 5) is 12.8. The zero-order valence-corrected chi connectivity index (χ0v) is 39.2. The Balaban J connectivity index is 2.22. The van der Waals surface area contributed by atoms with E-state index in [-0.39, 0.29) is 19.2 Å². The maximum Gasteiger partial charge on any atom is 0.306 e. The molecule has 1 aliphatic rings. The van der Waals surface area contributed by atoms with Crippen molar-refractivity contribution < 1.29 is 44.2 Å². The molecule has 6 atom stereocenters. The van der Waals surface area contributed by atoms with Crippen LogP contribution in [0.25, 0.3) is 0 Å². The van der Waals surface area contributed by atoms with Gasteiger partial charge in [-0.2, -0.15) is 0 Å². The van der Waals surface area contributed by atoms with Crippen molar-refractivity contribution in [3.8, 4) is 0 Å². The van der Waals surface area contributed by atoms with E-state index in [1.807, 2.05) is 0 Å². The largest absolute Gasteiger partial charge is 0.457 e. The molecule has 356 valence electrons.